The average Bonchev–Trinajstić information content (AvgIpc) is 2.84. The molecule has 0 unspecified atom stereocenters. The van der Waals surface area contributed by atoms with Crippen molar-refractivity contribution in [3.63, 3.8) is 0 Å². The van der Waals surface area contributed by atoms with E-state index >= 15 is 0 Å². The standard InChI is InChI=1S/C16H24FN3O3/c1-10(2)20-16(22)19-8-14-15(21)13(9-23-14)18-7-11-5-3-4-6-12(11)17/h3-6,10,13-15,18,21H,7-9H2,1-2H3,(H2,19,20,22)/t13-,14-,15+/m1/s1. The van der Waals surface area contributed by atoms with Crippen molar-refractivity contribution in [1.29, 1.82) is 0 Å². The van der Waals surface area contributed by atoms with Crippen LogP contribution < -0.4 is 16.0 Å². The third-order valence-electron chi connectivity index (χ3n) is 3.68. The van der Waals surface area contributed by atoms with Crippen LogP contribution in [-0.4, -0.2) is 48.6 Å². The first-order valence-electron chi connectivity index (χ1n) is 7.78. The van der Waals surface area contributed by atoms with E-state index in [9.17, 15) is 14.3 Å². The highest BCUT2D eigenvalue weighted by molar-refractivity contribution is 5.74. The summed E-state index contributed by atoms with van der Waals surface area (Å²) in [6.45, 7) is 4.57. The van der Waals surface area contributed by atoms with Gasteiger partial charge < -0.3 is 25.8 Å². The van der Waals surface area contributed by atoms with Crippen LogP contribution in [0.2, 0.25) is 0 Å². The minimum atomic E-state index is -0.763. The van der Waals surface area contributed by atoms with Gasteiger partial charge in [0.25, 0.3) is 0 Å². The molecule has 128 valence electrons. The number of aliphatic hydroxyl groups excluding tert-OH is 1. The van der Waals surface area contributed by atoms with Crippen LogP contribution in [0, 0.1) is 5.82 Å². The molecule has 2 amide bonds. The zero-order chi connectivity index (χ0) is 16.8. The molecule has 4 N–H and O–H groups in total. The SMILES string of the molecule is CC(C)NC(=O)NC[C@H]1OC[C@@H](NCc2ccccc2F)[C@@H]1O. The maximum atomic E-state index is 13.6. The molecule has 3 atom stereocenters. The molecule has 1 aromatic rings. The maximum Gasteiger partial charge on any atom is 0.315 e. The highest BCUT2D eigenvalue weighted by atomic mass is 19.1. The van der Waals surface area contributed by atoms with Crippen LogP contribution in [0.15, 0.2) is 24.3 Å². The Hall–Kier alpha value is -1.70. The number of hydrogen-bond donors (Lipinski definition) is 4. The summed E-state index contributed by atoms with van der Waals surface area (Å²) in [5, 5.41) is 18.7. The summed E-state index contributed by atoms with van der Waals surface area (Å²) in [6.07, 6.45) is -1.24. The van der Waals surface area contributed by atoms with Gasteiger partial charge in [-0.3, -0.25) is 0 Å². The largest absolute Gasteiger partial charge is 0.389 e. The Labute approximate surface area is 135 Å². The fourth-order valence-corrected chi connectivity index (χ4v) is 2.43. The molecule has 0 aliphatic carbocycles. The predicted octanol–water partition coefficient (Wildman–Crippen LogP) is 0.751. The van der Waals surface area contributed by atoms with Gasteiger partial charge in [0, 0.05) is 24.7 Å². The Morgan fingerprint density at radius 1 is 1.43 bits per heavy atom. The molecular weight excluding hydrogens is 301 g/mol. The van der Waals surface area contributed by atoms with Crippen LogP contribution in [-0.2, 0) is 11.3 Å². The van der Waals surface area contributed by atoms with E-state index in [1.165, 1.54) is 6.07 Å². The third kappa shape index (κ3) is 5.16. The van der Waals surface area contributed by atoms with Gasteiger partial charge in [0.15, 0.2) is 0 Å². The van der Waals surface area contributed by atoms with Gasteiger partial charge in [-0.1, -0.05) is 18.2 Å². The number of carbonyl (C=O) groups excluding carboxylic acids is 1. The van der Waals surface area contributed by atoms with Crippen LogP contribution in [0.4, 0.5) is 9.18 Å². The molecule has 6 nitrogen and oxygen atoms in total. The summed E-state index contributed by atoms with van der Waals surface area (Å²) in [4.78, 5) is 11.5. The lowest BCUT2D eigenvalue weighted by Gasteiger charge is -2.19. The summed E-state index contributed by atoms with van der Waals surface area (Å²) in [5.74, 6) is -0.281. The van der Waals surface area contributed by atoms with Crippen molar-refractivity contribution >= 4 is 6.03 Å². The first kappa shape index (κ1) is 17.7. The number of carbonyl (C=O) groups is 1. The normalized spacial score (nSPS) is 24.0. The molecule has 0 saturated carbocycles. The molecule has 1 aliphatic heterocycles. The van der Waals surface area contributed by atoms with Gasteiger partial charge in [0.2, 0.25) is 0 Å². The first-order valence-corrected chi connectivity index (χ1v) is 7.78. The Morgan fingerprint density at radius 2 is 2.17 bits per heavy atom. The zero-order valence-corrected chi connectivity index (χ0v) is 13.4. The molecule has 0 spiro atoms. The van der Waals surface area contributed by atoms with Crippen LogP contribution in [0.5, 0.6) is 0 Å². The summed E-state index contributed by atoms with van der Waals surface area (Å²) in [7, 11) is 0. The number of rotatable bonds is 6. The number of benzene rings is 1. The summed E-state index contributed by atoms with van der Waals surface area (Å²) in [5.41, 5.74) is 0.539. The van der Waals surface area contributed by atoms with Crippen molar-refractivity contribution in [2.75, 3.05) is 13.2 Å². The van der Waals surface area contributed by atoms with E-state index in [-0.39, 0.29) is 30.5 Å². The first-order chi connectivity index (χ1) is 11.0. The van der Waals surface area contributed by atoms with Crippen molar-refractivity contribution < 1.29 is 19.0 Å². The maximum absolute atomic E-state index is 13.6. The van der Waals surface area contributed by atoms with E-state index in [2.05, 4.69) is 16.0 Å². The van der Waals surface area contributed by atoms with E-state index in [4.69, 9.17) is 4.74 Å². The molecule has 0 bridgehead atoms. The summed E-state index contributed by atoms with van der Waals surface area (Å²) < 4.78 is 19.1. The third-order valence-corrected chi connectivity index (χ3v) is 3.68. The Kier molecular flexibility index (Phi) is 6.32. The molecule has 23 heavy (non-hydrogen) atoms. The average molecular weight is 325 g/mol. The van der Waals surface area contributed by atoms with Gasteiger partial charge in [-0.2, -0.15) is 0 Å². The van der Waals surface area contributed by atoms with Crippen LogP contribution in [0.3, 0.4) is 0 Å². The van der Waals surface area contributed by atoms with Crippen molar-refractivity contribution in [1.82, 2.24) is 16.0 Å². The van der Waals surface area contributed by atoms with Crippen LogP contribution in [0.1, 0.15) is 19.4 Å². The molecule has 1 fully saturated rings. The molecule has 2 rings (SSSR count). The summed E-state index contributed by atoms with van der Waals surface area (Å²) >= 11 is 0. The predicted molar refractivity (Wildman–Crippen MR) is 84.4 cm³/mol. The minimum absolute atomic E-state index is 0.0413. The van der Waals surface area contributed by atoms with E-state index in [1.807, 2.05) is 13.8 Å². The second kappa shape index (κ2) is 8.24. The number of ether oxygens (including phenoxy) is 1. The van der Waals surface area contributed by atoms with E-state index in [0.717, 1.165) is 0 Å². The van der Waals surface area contributed by atoms with Crippen LogP contribution >= 0.6 is 0 Å². The fourth-order valence-electron chi connectivity index (χ4n) is 2.43. The van der Waals surface area contributed by atoms with E-state index in [1.54, 1.807) is 18.2 Å². The molecule has 1 heterocycles. The Balaban J connectivity index is 1.76. The van der Waals surface area contributed by atoms with Crippen molar-refractivity contribution in [2.45, 2.75) is 44.7 Å². The highest BCUT2D eigenvalue weighted by Crippen LogP contribution is 2.15. The second-order valence-corrected chi connectivity index (χ2v) is 5.95. The molecule has 1 aliphatic rings. The number of halogens is 1. The quantitative estimate of drug-likeness (QED) is 0.622. The van der Waals surface area contributed by atoms with Gasteiger partial charge in [0.05, 0.1) is 18.8 Å². The lowest BCUT2D eigenvalue weighted by Crippen LogP contribution is -2.47. The van der Waals surface area contributed by atoms with Crippen LogP contribution in [0.25, 0.3) is 0 Å². The van der Waals surface area contributed by atoms with Crippen molar-refractivity contribution in [3.8, 4) is 0 Å². The lowest BCUT2D eigenvalue weighted by molar-refractivity contribution is 0.0425. The molecule has 0 radical (unpaired) electrons. The smallest absolute Gasteiger partial charge is 0.315 e. The molecule has 1 aromatic carbocycles. The van der Waals surface area contributed by atoms with Gasteiger partial charge in [0.1, 0.15) is 11.9 Å². The van der Waals surface area contributed by atoms with Gasteiger partial charge in [-0.15, -0.1) is 0 Å². The molecule has 7 heteroatoms. The number of hydrogen-bond acceptors (Lipinski definition) is 4. The number of nitrogens with one attached hydrogen (secondary N) is 3. The number of urea groups is 1. The van der Waals surface area contributed by atoms with Gasteiger partial charge >= 0.3 is 6.03 Å². The molecular formula is C16H24FN3O3. The zero-order valence-electron chi connectivity index (χ0n) is 13.4. The number of aliphatic hydroxyl groups is 1. The van der Waals surface area contributed by atoms with Gasteiger partial charge in [-0.05, 0) is 19.9 Å². The highest BCUT2D eigenvalue weighted by Gasteiger charge is 2.35. The molecule has 1 saturated heterocycles. The topological polar surface area (TPSA) is 82.6 Å². The number of amides is 2. The Morgan fingerprint density at radius 3 is 2.87 bits per heavy atom. The van der Waals surface area contributed by atoms with E-state index < -0.39 is 12.2 Å². The molecule has 0 aromatic heterocycles. The summed E-state index contributed by atoms with van der Waals surface area (Å²) in [6, 6.07) is 5.95. The van der Waals surface area contributed by atoms with Crippen molar-refractivity contribution in [2.24, 2.45) is 0 Å². The second-order valence-electron chi connectivity index (χ2n) is 5.95. The fraction of sp³-hybridized carbons (Fsp3) is 0.562. The van der Waals surface area contributed by atoms with E-state index in [0.29, 0.717) is 18.7 Å². The lowest BCUT2D eigenvalue weighted by atomic mass is 10.1. The monoisotopic (exact) mass is 325 g/mol. The minimum Gasteiger partial charge on any atom is -0.389 e. The Bertz CT molecular complexity index is 527. The van der Waals surface area contributed by atoms with Crippen molar-refractivity contribution in [3.05, 3.63) is 35.6 Å². The van der Waals surface area contributed by atoms with Gasteiger partial charge in [-0.25, -0.2) is 9.18 Å².